The monoisotopic (exact) mass is 217 g/mol. The lowest BCUT2D eigenvalue weighted by molar-refractivity contribution is 0.174. The van der Waals surface area contributed by atoms with Gasteiger partial charge >= 0.3 is 0 Å². The van der Waals surface area contributed by atoms with Crippen molar-refractivity contribution < 1.29 is 9.47 Å². The first-order valence-electron chi connectivity index (χ1n) is 5.75. The topological polar surface area (TPSA) is 30.5 Å². The fraction of sp³-hybridized carbons (Fsp3) is 0.385. The maximum absolute atomic E-state index is 5.35. The maximum atomic E-state index is 5.35. The molecule has 0 radical (unpaired) electrons. The summed E-state index contributed by atoms with van der Waals surface area (Å²) < 4.78 is 10.6. The summed E-state index contributed by atoms with van der Waals surface area (Å²) in [6.45, 7) is 0.335. The van der Waals surface area contributed by atoms with Gasteiger partial charge in [-0.15, -0.1) is 0 Å². The van der Waals surface area contributed by atoms with E-state index in [2.05, 4.69) is 17.5 Å². The number of nitrogens with one attached hydrogen (secondary N) is 1. The van der Waals surface area contributed by atoms with Gasteiger partial charge in [0.1, 0.15) is 0 Å². The van der Waals surface area contributed by atoms with Crippen LogP contribution in [0.4, 0.5) is 5.69 Å². The number of fused-ring (bicyclic) bond motifs is 1. The molecule has 1 heterocycles. The molecule has 1 aliphatic heterocycles. The minimum absolute atomic E-state index is 0.335. The Morgan fingerprint density at radius 3 is 3.00 bits per heavy atom. The maximum Gasteiger partial charge on any atom is 0.231 e. The van der Waals surface area contributed by atoms with Crippen molar-refractivity contribution in [1.29, 1.82) is 0 Å². The van der Waals surface area contributed by atoms with E-state index in [1.165, 1.54) is 19.3 Å². The van der Waals surface area contributed by atoms with Crippen molar-refractivity contribution in [3.63, 3.8) is 0 Å². The van der Waals surface area contributed by atoms with Crippen molar-refractivity contribution in [1.82, 2.24) is 0 Å². The highest BCUT2D eigenvalue weighted by Crippen LogP contribution is 2.34. The molecule has 1 atom stereocenters. The highest BCUT2D eigenvalue weighted by molar-refractivity contribution is 5.56. The molecule has 0 aromatic heterocycles. The van der Waals surface area contributed by atoms with Gasteiger partial charge in [-0.25, -0.2) is 0 Å². The second-order valence-electron chi connectivity index (χ2n) is 4.18. The van der Waals surface area contributed by atoms with Crippen molar-refractivity contribution in [3.8, 4) is 11.5 Å². The van der Waals surface area contributed by atoms with Crippen LogP contribution in [0.2, 0.25) is 0 Å². The minimum Gasteiger partial charge on any atom is -0.454 e. The molecule has 3 heteroatoms. The third kappa shape index (κ3) is 1.85. The van der Waals surface area contributed by atoms with Crippen LogP contribution >= 0.6 is 0 Å². The Morgan fingerprint density at radius 1 is 1.19 bits per heavy atom. The van der Waals surface area contributed by atoms with Crippen molar-refractivity contribution in [2.24, 2.45) is 0 Å². The van der Waals surface area contributed by atoms with Crippen LogP contribution in [0.3, 0.4) is 0 Å². The molecule has 0 fully saturated rings. The Balaban J connectivity index is 1.74. The van der Waals surface area contributed by atoms with Gasteiger partial charge in [0.15, 0.2) is 11.5 Å². The van der Waals surface area contributed by atoms with Crippen LogP contribution in [0.25, 0.3) is 0 Å². The van der Waals surface area contributed by atoms with Crippen LogP contribution in [0.5, 0.6) is 11.5 Å². The molecule has 16 heavy (non-hydrogen) atoms. The van der Waals surface area contributed by atoms with E-state index >= 15 is 0 Å². The molecule has 0 amide bonds. The molecule has 1 aromatic carbocycles. The number of anilines is 1. The Kier molecular flexibility index (Phi) is 2.44. The molecular weight excluding hydrogens is 202 g/mol. The van der Waals surface area contributed by atoms with Gasteiger partial charge in [0.2, 0.25) is 6.79 Å². The van der Waals surface area contributed by atoms with Crippen molar-refractivity contribution in [2.45, 2.75) is 25.3 Å². The summed E-state index contributed by atoms with van der Waals surface area (Å²) >= 11 is 0. The number of hydrogen-bond donors (Lipinski definition) is 1. The van der Waals surface area contributed by atoms with Crippen LogP contribution < -0.4 is 14.8 Å². The quantitative estimate of drug-likeness (QED) is 0.772. The molecule has 0 bridgehead atoms. The zero-order valence-corrected chi connectivity index (χ0v) is 9.11. The number of rotatable bonds is 2. The van der Waals surface area contributed by atoms with E-state index in [-0.39, 0.29) is 0 Å². The zero-order chi connectivity index (χ0) is 10.8. The van der Waals surface area contributed by atoms with Gasteiger partial charge in [-0.3, -0.25) is 0 Å². The second kappa shape index (κ2) is 4.08. The summed E-state index contributed by atoms with van der Waals surface area (Å²) in [5.74, 6) is 1.68. The Labute approximate surface area is 95.1 Å². The van der Waals surface area contributed by atoms with Crippen LogP contribution in [0.15, 0.2) is 30.4 Å². The summed E-state index contributed by atoms with van der Waals surface area (Å²) in [5, 5.41) is 3.49. The Hall–Kier alpha value is -1.64. The van der Waals surface area contributed by atoms with E-state index in [9.17, 15) is 0 Å². The first kappa shape index (κ1) is 9.58. The molecule has 3 nitrogen and oxygen atoms in total. The number of benzene rings is 1. The van der Waals surface area contributed by atoms with Gasteiger partial charge < -0.3 is 14.8 Å². The van der Waals surface area contributed by atoms with Crippen LogP contribution in [0, 0.1) is 0 Å². The predicted octanol–water partition coefficient (Wildman–Crippen LogP) is 2.94. The lowest BCUT2D eigenvalue weighted by Gasteiger charge is -2.19. The number of hydrogen-bond acceptors (Lipinski definition) is 3. The fourth-order valence-corrected chi connectivity index (χ4v) is 2.13. The number of allylic oxidation sites excluding steroid dienone is 1. The van der Waals surface area contributed by atoms with Gasteiger partial charge in [0.25, 0.3) is 0 Å². The first-order valence-corrected chi connectivity index (χ1v) is 5.75. The average molecular weight is 217 g/mol. The summed E-state index contributed by atoms with van der Waals surface area (Å²) in [7, 11) is 0. The predicted molar refractivity (Wildman–Crippen MR) is 63.0 cm³/mol. The third-order valence-corrected chi connectivity index (χ3v) is 2.98. The van der Waals surface area contributed by atoms with E-state index in [1.54, 1.807) is 0 Å². The molecule has 0 saturated heterocycles. The molecule has 1 N–H and O–H groups in total. The molecule has 3 rings (SSSR count). The molecule has 1 aromatic rings. The standard InChI is InChI=1S/C13H15NO2/c1-2-4-10(5-3-1)14-11-6-7-12-13(8-11)16-9-15-12/h2,4,6-8,10,14H,1,3,5,9H2. The van der Waals surface area contributed by atoms with Crippen LogP contribution in [-0.2, 0) is 0 Å². The van der Waals surface area contributed by atoms with Gasteiger partial charge in [0.05, 0.1) is 0 Å². The molecule has 84 valence electrons. The van der Waals surface area contributed by atoms with Crippen molar-refractivity contribution >= 4 is 5.69 Å². The van der Waals surface area contributed by atoms with Crippen LogP contribution in [-0.4, -0.2) is 12.8 Å². The van der Waals surface area contributed by atoms with Gasteiger partial charge in [-0.1, -0.05) is 12.2 Å². The molecular formula is C13H15NO2. The third-order valence-electron chi connectivity index (χ3n) is 2.98. The SMILES string of the molecule is C1=CC(Nc2ccc3c(c2)OCO3)CCC1. The van der Waals surface area contributed by atoms with Gasteiger partial charge in [-0.2, -0.15) is 0 Å². The molecule has 1 unspecified atom stereocenters. The van der Waals surface area contributed by atoms with E-state index in [1.807, 2.05) is 18.2 Å². The normalized spacial score (nSPS) is 22.1. The highest BCUT2D eigenvalue weighted by Gasteiger charge is 2.14. The summed E-state index contributed by atoms with van der Waals surface area (Å²) in [4.78, 5) is 0. The average Bonchev–Trinajstić information content (AvgIpc) is 2.77. The summed E-state index contributed by atoms with van der Waals surface area (Å²) in [5.41, 5.74) is 1.10. The zero-order valence-electron chi connectivity index (χ0n) is 9.11. The summed E-state index contributed by atoms with van der Waals surface area (Å²) in [6.07, 6.45) is 8.16. The van der Waals surface area contributed by atoms with Crippen molar-refractivity contribution in [3.05, 3.63) is 30.4 Å². The first-order chi connectivity index (χ1) is 7.92. The molecule has 1 aliphatic carbocycles. The van der Waals surface area contributed by atoms with E-state index in [4.69, 9.17) is 9.47 Å². The minimum atomic E-state index is 0.335. The lowest BCUT2D eigenvalue weighted by atomic mass is 10.0. The van der Waals surface area contributed by atoms with Crippen LogP contribution in [0.1, 0.15) is 19.3 Å². The van der Waals surface area contributed by atoms with Gasteiger partial charge in [-0.05, 0) is 31.4 Å². The fourth-order valence-electron chi connectivity index (χ4n) is 2.13. The molecule has 0 saturated carbocycles. The van der Waals surface area contributed by atoms with E-state index in [0.717, 1.165) is 17.2 Å². The molecule has 2 aliphatic rings. The highest BCUT2D eigenvalue weighted by atomic mass is 16.7. The number of ether oxygens (including phenoxy) is 2. The van der Waals surface area contributed by atoms with Gasteiger partial charge in [0, 0.05) is 17.8 Å². The smallest absolute Gasteiger partial charge is 0.231 e. The second-order valence-corrected chi connectivity index (χ2v) is 4.18. The Bertz CT molecular complexity index is 414. The lowest BCUT2D eigenvalue weighted by Crippen LogP contribution is -2.18. The Morgan fingerprint density at radius 2 is 2.12 bits per heavy atom. The van der Waals surface area contributed by atoms with E-state index in [0.29, 0.717) is 12.8 Å². The van der Waals surface area contributed by atoms with Crippen molar-refractivity contribution in [2.75, 3.05) is 12.1 Å². The molecule has 0 spiro atoms. The summed E-state index contributed by atoms with van der Waals surface area (Å²) in [6, 6.07) is 6.45. The van der Waals surface area contributed by atoms with E-state index < -0.39 is 0 Å². The largest absolute Gasteiger partial charge is 0.454 e.